The first-order valence-corrected chi connectivity index (χ1v) is 7.01. The molecule has 1 aromatic carbocycles. The summed E-state index contributed by atoms with van der Waals surface area (Å²) in [7, 11) is 0. The van der Waals surface area contributed by atoms with E-state index in [0.29, 0.717) is 11.6 Å². The molecule has 0 amide bonds. The third kappa shape index (κ3) is 5.06. The minimum absolute atomic E-state index is 0.254. The second-order valence-electron chi connectivity index (χ2n) is 4.61. The van der Waals surface area contributed by atoms with Gasteiger partial charge in [0.15, 0.2) is 5.82 Å². The Kier molecular flexibility index (Phi) is 5.32. The standard InChI is InChI=1S/C9H12N6.C6H5Cl/c1-5-3-7(13-9(10)11-5)12-8-4-6(2)14-15-8;7-6-4-2-1-3-5-6/h3-4H,1-2H3,(H4,10,11,12,13,14,15);1-5H. The first kappa shape index (κ1) is 15.8. The molecule has 3 rings (SSSR count). The van der Waals surface area contributed by atoms with Crippen molar-refractivity contribution in [2.75, 3.05) is 11.1 Å². The number of nitrogens with one attached hydrogen (secondary N) is 2. The number of aryl methyl sites for hydroxylation is 2. The van der Waals surface area contributed by atoms with E-state index in [0.717, 1.165) is 16.4 Å². The molecule has 0 fully saturated rings. The summed E-state index contributed by atoms with van der Waals surface area (Å²) in [4.78, 5) is 8.02. The lowest BCUT2D eigenvalue weighted by Gasteiger charge is -2.03. The van der Waals surface area contributed by atoms with Gasteiger partial charge in [-0.05, 0) is 26.0 Å². The van der Waals surface area contributed by atoms with Crippen LogP contribution in [0.5, 0.6) is 0 Å². The predicted octanol–water partition coefficient (Wildman–Crippen LogP) is 3.48. The number of hydrogen-bond donors (Lipinski definition) is 3. The number of nitrogens with zero attached hydrogens (tertiary/aromatic N) is 3. The quantitative estimate of drug-likeness (QED) is 0.673. The molecule has 2 aromatic heterocycles. The molecule has 4 N–H and O–H groups in total. The fraction of sp³-hybridized carbons (Fsp3) is 0.133. The second kappa shape index (κ2) is 7.42. The van der Waals surface area contributed by atoms with Crippen LogP contribution in [0, 0.1) is 13.8 Å². The summed E-state index contributed by atoms with van der Waals surface area (Å²) in [5.74, 6) is 1.61. The van der Waals surface area contributed by atoms with E-state index in [-0.39, 0.29) is 5.95 Å². The smallest absolute Gasteiger partial charge is 0.222 e. The van der Waals surface area contributed by atoms with Gasteiger partial charge in [0.1, 0.15) is 5.82 Å². The molecule has 22 heavy (non-hydrogen) atoms. The lowest BCUT2D eigenvalue weighted by atomic mass is 10.4. The maximum absolute atomic E-state index is 5.54. The zero-order valence-electron chi connectivity index (χ0n) is 12.3. The van der Waals surface area contributed by atoms with Crippen LogP contribution in [0.25, 0.3) is 0 Å². The number of aromatic nitrogens is 4. The van der Waals surface area contributed by atoms with Gasteiger partial charge in [-0.2, -0.15) is 10.1 Å². The zero-order valence-corrected chi connectivity index (χ0v) is 13.1. The number of hydrogen-bond acceptors (Lipinski definition) is 5. The lowest BCUT2D eigenvalue weighted by Crippen LogP contribution is -2.01. The fourth-order valence-electron chi connectivity index (χ4n) is 1.68. The third-order valence-electron chi connectivity index (χ3n) is 2.57. The summed E-state index contributed by atoms with van der Waals surface area (Å²) < 4.78 is 0. The van der Waals surface area contributed by atoms with Crippen LogP contribution in [-0.4, -0.2) is 20.2 Å². The number of nitrogens with two attached hydrogens (primary N) is 1. The van der Waals surface area contributed by atoms with Crippen molar-refractivity contribution in [3.63, 3.8) is 0 Å². The summed E-state index contributed by atoms with van der Waals surface area (Å²) in [5, 5.41) is 10.7. The van der Waals surface area contributed by atoms with Crippen LogP contribution in [0.3, 0.4) is 0 Å². The van der Waals surface area contributed by atoms with Gasteiger partial charge in [0.2, 0.25) is 5.95 Å². The van der Waals surface area contributed by atoms with Crippen molar-refractivity contribution in [3.8, 4) is 0 Å². The summed E-state index contributed by atoms with van der Waals surface area (Å²) in [6, 6.07) is 13.1. The lowest BCUT2D eigenvalue weighted by molar-refractivity contribution is 1.04. The summed E-state index contributed by atoms with van der Waals surface area (Å²) in [5.41, 5.74) is 7.33. The van der Waals surface area contributed by atoms with Gasteiger partial charge < -0.3 is 11.1 Å². The van der Waals surface area contributed by atoms with Crippen molar-refractivity contribution >= 4 is 29.2 Å². The molecule has 0 aliphatic rings. The van der Waals surface area contributed by atoms with Crippen LogP contribution in [0.15, 0.2) is 42.5 Å². The topological polar surface area (TPSA) is 92.5 Å². The minimum atomic E-state index is 0.254. The SMILES string of the molecule is Cc1cc(Nc2cc(C)[nH]n2)nc(N)n1.Clc1ccccc1. The number of halogens is 1. The summed E-state index contributed by atoms with van der Waals surface area (Å²) in [6.45, 7) is 3.79. The Bertz CT molecular complexity index is 706. The number of H-pyrrole nitrogens is 1. The van der Waals surface area contributed by atoms with E-state index < -0.39 is 0 Å². The predicted molar refractivity (Wildman–Crippen MR) is 89.2 cm³/mol. The maximum atomic E-state index is 5.54. The average Bonchev–Trinajstić information content (AvgIpc) is 2.84. The molecule has 0 aliphatic heterocycles. The van der Waals surface area contributed by atoms with Crippen LogP contribution >= 0.6 is 11.6 Å². The molecule has 0 unspecified atom stereocenters. The molecule has 0 spiro atoms. The van der Waals surface area contributed by atoms with E-state index in [2.05, 4.69) is 25.5 Å². The van der Waals surface area contributed by atoms with Gasteiger partial charge in [-0.15, -0.1) is 0 Å². The Morgan fingerprint density at radius 2 is 1.77 bits per heavy atom. The number of aromatic amines is 1. The van der Waals surface area contributed by atoms with Crippen molar-refractivity contribution < 1.29 is 0 Å². The van der Waals surface area contributed by atoms with Crippen molar-refractivity contribution in [3.05, 3.63) is 58.9 Å². The van der Waals surface area contributed by atoms with Gasteiger partial charge in [0.05, 0.1) is 0 Å². The van der Waals surface area contributed by atoms with Gasteiger partial charge in [0.25, 0.3) is 0 Å². The van der Waals surface area contributed by atoms with Crippen LogP contribution < -0.4 is 11.1 Å². The Balaban J connectivity index is 0.000000211. The molecular weight excluding hydrogens is 300 g/mol. The van der Waals surface area contributed by atoms with Gasteiger partial charge in [-0.1, -0.05) is 29.8 Å². The Labute approximate surface area is 133 Å². The van der Waals surface area contributed by atoms with Crippen LogP contribution in [0.1, 0.15) is 11.4 Å². The Morgan fingerprint density at radius 1 is 1.05 bits per heavy atom. The zero-order chi connectivity index (χ0) is 15.9. The number of rotatable bonds is 2. The fourth-order valence-corrected chi connectivity index (χ4v) is 1.83. The molecule has 0 radical (unpaired) electrons. The number of benzene rings is 1. The first-order chi connectivity index (χ1) is 10.5. The van der Waals surface area contributed by atoms with Crippen molar-refractivity contribution in [2.24, 2.45) is 0 Å². The van der Waals surface area contributed by atoms with E-state index in [4.69, 9.17) is 17.3 Å². The number of anilines is 3. The van der Waals surface area contributed by atoms with E-state index >= 15 is 0 Å². The van der Waals surface area contributed by atoms with Gasteiger partial charge in [-0.3, -0.25) is 5.10 Å². The highest BCUT2D eigenvalue weighted by atomic mass is 35.5. The molecule has 3 aromatic rings. The van der Waals surface area contributed by atoms with E-state index in [9.17, 15) is 0 Å². The first-order valence-electron chi connectivity index (χ1n) is 6.63. The van der Waals surface area contributed by atoms with Crippen molar-refractivity contribution in [2.45, 2.75) is 13.8 Å². The molecule has 7 heteroatoms. The van der Waals surface area contributed by atoms with E-state index in [1.807, 2.05) is 50.2 Å². The maximum Gasteiger partial charge on any atom is 0.222 e. The van der Waals surface area contributed by atoms with Gasteiger partial charge in [-0.25, -0.2) is 4.98 Å². The highest BCUT2D eigenvalue weighted by Crippen LogP contribution is 2.13. The minimum Gasteiger partial charge on any atom is -0.368 e. The van der Waals surface area contributed by atoms with Crippen LogP contribution in [0.2, 0.25) is 5.02 Å². The van der Waals surface area contributed by atoms with Crippen molar-refractivity contribution in [1.29, 1.82) is 0 Å². The molecule has 114 valence electrons. The van der Waals surface area contributed by atoms with E-state index in [1.54, 1.807) is 6.07 Å². The molecule has 0 atom stereocenters. The molecule has 6 nitrogen and oxygen atoms in total. The second-order valence-corrected chi connectivity index (χ2v) is 5.05. The monoisotopic (exact) mass is 316 g/mol. The Hall–Kier alpha value is -2.60. The summed E-state index contributed by atoms with van der Waals surface area (Å²) >= 11 is 5.54. The molecule has 0 bridgehead atoms. The molecule has 0 aliphatic carbocycles. The van der Waals surface area contributed by atoms with Crippen LogP contribution in [0.4, 0.5) is 17.6 Å². The molecule has 0 saturated heterocycles. The number of nitrogen functional groups attached to an aromatic ring is 1. The highest BCUT2D eigenvalue weighted by Gasteiger charge is 2.01. The normalized spacial score (nSPS) is 9.77. The largest absolute Gasteiger partial charge is 0.368 e. The molecule has 0 saturated carbocycles. The van der Waals surface area contributed by atoms with E-state index in [1.165, 1.54) is 0 Å². The highest BCUT2D eigenvalue weighted by molar-refractivity contribution is 6.30. The molecule has 2 heterocycles. The van der Waals surface area contributed by atoms with Crippen molar-refractivity contribution in [1.82, 2.24) is 20.2 Å². The average molecular weight is 317 g/mol. The van der Waals surface area contributed by atoms with Gasteiger partial charge in [0, 0.05) is 28.5 Å². The molecular formula is C15H17ClN6. The van der Waals surface area contributed by atoms with Gasteiger partial charge >= 0.3 is 0 Å². The third-order valence-corrected chi connectivity index (χ3v) is 2.82. The Morgan fingerprint density at radius 3 is 2.27 bits per heavy atom. The summed E-state index contributed by atoms with van der Waals surface area (Å²) in [6.07, 6.45) is 0. The van der Waals surface area contributed by atoms with Crippen LogP contribution in [-0.2, 0) is 0 Å².